The van der Waals surface area contributed by atoms with Crippen LogP contribution in [0.5, 0.6) is 0 Å². The van der Waals surface area contributed by atoms with Gasteiger partial charge >= 0.3 is 5.97 Å². The third kappa shape index (κ3) is 3.05. The zero-order valence-electron chi connectivity index (χ0n) is 12.1. The van der Waals surface area contributed by atoms with Crippen molar-refractivity contribution in [3.05, 3.63) is 65.5 Å². The van der Waals surface area contributed by atoms with Gasteiger partial charge in [0.1, 0.15) is 5.82 Å². The van der Waals surface area contributed by atoms with Crippen molar-refractivity contribution < 1.29 is 14.3 Å². The highest BCUT2D eigenvalue weighted by Crippen LogP contribution is 2.31. The highest BCUT2D eigenvalue weighted by Gasteiger charge is 2.39. The molecule has 0 spiro atoms. The summed E-state index contributed by atoms with van der Waals surface area (Å²) in [6, 6.07) is 13.2. The zero-order chi connectivity index (χ0) is 15.5. The van der Waals surface area contributed by atoms with Crippen molar-refractivity contribution in [3.8, 4) is 0 Å². The third-order valence-electron chi connectivity index (χ3n) is 3.62. The number of aryl methyl sites for hydroxylation is 1. The number of rotatable bonds is 5. The number of carboxylic acids is 1. The van der Waals surface area contributed by atoms with Crippen LogP contribution < -0.4 is 5.32 Å². The van der Waals surface area contributed by atoms with E-state index in [1.807, 2.05) is 31.2 Å². The number of benzene rings is 2. The largest absolute Gasteiger partial charge is 0.479 e. The summed E-state index contributed by atoms with van der Waals surface area (Å²) in [5.41, 5.74) is 0.827. The predicted octanol–water partition coefficient (Wildman–Crippen LogP) is 3.94. The maximum Gasteiger partial charge on any atom is 0.334 e. The fraction of sp³-hybridized carbons (Fsp3) is 0.235. The second kappa shape index (κ2) is 5.95. The van der Waals surface area contributed by atoms with Gasteiger partial charge in [0, 0.05) is 5.69 Å². The second-order valence-corrected chi connectivity index (χ2v) is 5.07. The Morgan fingerprint density at radius 3 is 2.43 bits per heavy atom. The lowest BCUT2D eigenvalue weighted by atomic mass is 9.86. The van der Waals surface area contributed by atoms with Crippen LogP contribution in [0.1, 0.15) is 24.5 Å². The molecule has 0 bridgehead atoms. The number of aliphatic carboxylic acids is 1. The first-order chi connectivity index (χ1) is 9.98. The first kappa shape index (κ1) is 15.0. The van der Waals surface area contributed by atoms with E-state index in [1.165, 1.54) is 18.2 Å². The van der Waals surface area contributed by atoms with Gasteiger partial charge in [-0.05, 0) is 43.2 Å². The first-order valence-electron chi connectivity index (χ1n) is 6.82. The van der Waals surface area contributed by atoms with Crippen LogP contribution in [-0.4, -0.2) is 11.1 Å². The van der Waals surface area contributed by atoms with Crippen LogP contribution >= 0.6 is 0 Å². The Hall–Kier alpha value is -2.36. The van der Waals surface area contributed by atoms with Crippen molar-refractivity contribution in [3.63, 3.8) is 0 Å². The van der Waals surface area contributed by atoms with E-state index in [1.54, 1.807) is 13.0 Å². The van der Waals surface area contributed by atoms with Gasteiger partial charge in [0.25, 0.3) is 0 Å². The maximum atomic E-state index is 13.5. The number of halogens is 1. The minimum atomic E-state index is -1.35. The van der Waals surface area contributed by atoms with Gasteiger partial charge in [0.15, 0.2) is 5.54 Å². The monoisotopic (exact) mass is 287 g/mol. The Morgan fingerprint density at radius 2 is 1.90 bits per heavy atom. The van der Waals surface area contributed by atoms with Crippen molar-refractivity contribution in [1.82, 2.24) is 0 Å². The average Bonchev–Trinajstić information content (AvgIpc) is 2.46. The highest BCUT2D eigenvalue weighted by molar-refractivity contribution is 5.84. The van der Waals surface area contributed by atoms with Crippen molar-refractivity contribution in [2.45, 2.75) is 25.8 Å². The summed E-state index contributed by atoms with van der Waals surface area (Å²) < 4.78 is 13.5. The molecule has 0 radical (unpaired) electrons. The molecule has 0 amide bonds. The van der Waals surface area contributed by atoms with E-state index < -0.39 is 17.3 Å². The Kier molecular flexibility index (Phi) is 4.26. The molecule has 3 nitrogen and oxygen atoms in total. The summed E-state index contributed by atoms with van der Waals surface area (Å²) in [6.45, 7) is 3.72. The Bertz CT molecular complexity index is 639. The summed E-state index contributed by atoms with van der Waals surface area (Å²) in [5, 5.41) is 12.7. The molecule has 0 fully saturated rings. The molecule has 0 heterocycles. The van der Waals surface area contributed by atoms with Gasteiger partial charge in [-0.15, -0.1) is 0 Å². The van der Waals surface area contributed by atoms with Gasteiger partial charge < -0.3 is 10.4 Å². The van der Waals surface area contributed by atoms with Gasteiger partial charge in [-0.2, -0.15) is 0 Å². The third-order valence-corrected chi connectivity index (χ3v) is 3.62. The summed E-state index contributed by atoms with van der Waals surface area (Å²) >= 11 is 0. The maximum absolute atomic E-state index is 13.5. The zero-order valence-corrected chi connectivity index (χ0v) is 12.1. The molecule has 2 aromatic carbocycles. The number of hydrogen-bond acceptors (Lipinski definition) is 2. The van der Waals surface area contributed by atoms with Crippen molar-refractivity contribution >= 4 is 11.7 Å². The number of carboxylic acid groups (broad SMARTS) is 1. The molecule has 2 rings (SSSR count). The van der Waals surface area contributed by atoms with E-state index in [0.717, 1.165) is 5.56 Å². The van der Waals surface area contributed by atoms with Crippen LogP contribution in [0.25, 0.3) is 0 Å². The fourth-order valence-corrected chi connectivity index (χ4v) is 2.33. The topological polar surface area (TPSA) is 49.3 Å². The lowest BCUT2D eigenvalue weighted by Gasteiger charge is -2.31. The van der Waals surface area contributed by atoms with Crippen molar-refractivity contribution in [2.75, 3.05) is 5.32 Å². The summed E-state index contributed by atoms with van der Waals surface area (Å²) in [7, 11) is 0. The first-order valence-corrected chi connectivity index (χ1v) is 6.82. The molecular formula is C17H18FNO2. The molecule has 4 heteroatoms. The standard InChI is InChI=1S/C17H18FNO2/c1-3-17(16(20)21,13-5-4-6-14(18)11-13)19-15-9-7-12(2)8-10-15/h4-11,19H,3H2,1-2H3,(H,20,21). The lowest BCUT2D eigenvalue weighted by molar-refractivity contribution is -0.142. The quantitative estimate of drug-likeness (QED) is 0.875. The smallest absolute Gasteiger partial charge is 0.334 e. The van der Waals surface area contributed by atoms with Gasteiger partial charge in [-0.3, -0.25) is 0 Å². The van der Waals surface area contributed by atoms with Crippen LogP contribution in [-0.2, 0) is 10.3 Å². The number of anilines is 1. The van der Waals surface area contributed by atoms with Gasteiger partial charge in [0.2, 0.25) is 0 Å². The van der Waals surface area contributed by atoms with Crippen molar-refractivity contribution in [1.29, 1.82) is 0 Å². The van der Waals surface area contributed by atoms with E-state index in [9.17, 15) is 14.3 Å². The molecule has 0 saturated carbocycles. The number of hydrogen-bond donors (Lipinski definition) is 2. The molecule has 0 saturated heterocycles. The van der Waals surface area contributed by atoms with E-state index >= 15 is 0 Å². The molecule has 2 N–H and O–H groups in total. The Labute approximate surface area is 123 Å². The number of carbonyl (C=O) groups is 1. The predicted molar refractivity (Wildman–Crippen MR) is 80.8 cm³/mol. The molecule has 0 aromatic heterocycles. The summed E-state index contributed by atoms with van der Waals surface area (Å²) in [5.74, 6) is -1.48. The fourth-order valence-electron chi connectivity index (χ4n) is 2.33. The molecule has 2 aromatic rings. The van der Waals surface area contributed by atoms with Crippen LogP contribution in [0.2, 0.25) is 0 Å². The summed E-state index contributed by atoms with van der Waals surface area (Å²) in [6.07, 6.45) is 0.291. The van der Waals surface area contributed by atoms with Crippen molar-refractivity contribution in [2.24, 2.45) is 0 Å². The molecule has 1 unspecified atom stereocenters. The number of nitrogens with one attached hydrogen (secondary N) is 1. The Morgan fingerprint density at radius 1 is 1.24 bits per heavy atom. The normalized spacial score (nSPS) is 13.5. The summed E-state index contributed by atoms with van der Waals surface area (Å²) in [4.78, 5) is 11.9. The molecule has 0 aliphatic heterocycles. The molecule has 0 aliphatic rings. The SMILES string of the molecule is CCC(Nc1ccc(C)cc1)(C(=O)O)c1cccc(F)c1. The van der Waals surface area contributed by atoms with E-state index in [0.29, 0.717) is 17.7 Å². The van der Waals surface area contributed by atoms with Crippen LogP contribution in [0.3, 0.4) is 0 Å². The molecule has 0 aliphatic carbocycles. The van der Waals surface area contributed by atoms with E-state index in [-0.39, 0.29) is 0 Å². The van der Waals surface area contributed by atoms with E-state index in [2.05, 4.69) is 5.32 Å². The molecular weight excluding hydrogens is 269 g/mol. The second-order valence-electron chi connectivity index (χ2n) is 5.07. The minimum Gasteiger partial charge on any atom is -0.479 e. The van der Waals surface area contributed by atoms with Gasteiger partial charge in [0.05, 0.1) is 0 Å². The van der Waals surface area contributed by atoms with Gasteiger partial charge in [-0.25, -0.2) is 9.18 Å². The Balaban J connectivity index is 2.46. The lowest BCUT2D eigenvalue weighted by Crippen LogP contribution is -2.43. The van der Waals surface area contributed by atoms with Crippen LogP contribution in [0.15, 0.2) is 48.5 Å². The molecule has 110 valence electrons. The van der Waals surface area contributed by atoms with Crippen LogP contribution in [0, 0.1) is 12.7 Å². The molecule has 21 heavy (non-hydrogen) atoms. The highest BCUT2D eigenvalue weighted by atomic mass is 19.1. The van der Waals surface area contributed by atoms with Crippen LogP contribution in [0.4, 0.5) is 10.1 Å². The van der Waals surface area contributed by atoms with Gasteiger partial charge in [-0.1, -0.05) is 36.8 Å². The average molecular weight is 287 g/mol. The van der Waals surface area contributed by atoms with E-state index in [4.69, 9.17) is 0 Å². The molecule has 1 atom stereocenters. The minimum absolute atomic E-state index is 0.291.